The molecule has 0 aliphatic rings. The van der Waals surface area contributed by atoms with Crippen molar-refractivity contribution in [3.05, 3.63) is 54.1 Å². The van der Waals surface area contributed by atoms with E-state index in [-0.39, 0.29) is 12.8 Å². The standard InChI is InChI=1S/C25H34N6O7/c1-3-14(2)21(24(36)30-19(25(37)38)9-15-7-5-4-6-8-15)31-23(35)18(11-20(32)33)29-22(34)17(26)10-16-12-27-13-28-16/h4-8,12-14,17-19,21H,3,9-11,26H2,1-2H3,(H,27,28)(H,29,34)(H,30,36)(H,31,35)(H,32,33)(H,37,38). The van der Waals surface area contributed by atoms with Crippen LogP contribution < -0.4 is 21.7 Å². The number of H-pyrrole nitrogens is 1. The van der Waals surface area contributed by atoms with Crippen LogP contribution in [0.4, 0.5) is 0 Å². The molecule has 5 atom stereocenters. The molecule has 1 heterocycles. The Labute approximate surface area is 219 Å². The van der Waals surface area contributed by atoms with Gasteiger partial charge in [-0.2, -0.15) is 0 Å². The van der Waals surface area contributed by atoms with Gasteiger partial charge in [0.05, 0.1) is 18.8 Å². The van der Waals surface area contributed by atoms with Crippen molar-refractivity contribution in [2.75, 3.05) is 0 Å². The summed E-state index contributed by atoms with van der Waals surface area (Å²) in [6.45, 7) is 3.46. The van der Waals surface area contributed by atoms with Crippen molar-refractivity contribution in [3.63, 3.8) is 0 Å². The number of carbonyl (C=O) groups excluding carboxylic acids is 3. The molecule has 8 N–H and O–H groups in total. The molecule has 3 amide bonds. The number of carbonyl (C=O) groups is 5. The summed E-state index contributed by atoms with van der Waals surface area (Å²) in [5.41, 5.74) is 7.16. The van der Waals surface area contributed by atoms with Gasteiger partial charge in [-0.25, -0.2) is 9.78 Å². The zero-order valence-corrected chi connectivity index (χ0v) is 21.2. The highest BCUT2D eigenvalue weighted by molar-refractivity contribution is 5.95. The summed E-state index contributed by atoms with van der Waals surface area (Å²) in [6.07, 6.45) is 2.68. The van der Waals surface area contributed by atoms with Crippen LogP contribution in [0, 0.1) is 5.92 Å². The SMILES string of the molecule is CCC(C)C(NC(=O)C(CC(=O)O)NC(=O)C(N)Cc1cnc[nH]1)C(=O)NC(Cc1ccccc1)C(=O)O. The Kier molecular flexibility index (Phi) is 11.4. The molecule has 0 saturated carbocycles. The summed E-state index contributed by atoms with van der Waals surface area (Å²) in [6, 6.07) is 3.67. The van der Waals surface area contributed by atoms with Crippen LogP contribution in [0.25, 0.3) is 0 Å². The van der Waals surface area contributed by atoms with E-state index in [9.17, 15) is 34.2 Å². The van der Waals surface area contributed by atoms with Crippen LogP contribution in [0.1, 0.15) is 37.9 Å². The lowest BCUT2D eigenvalue weighted by atomic mass is 9.96. The molecule has 1 aromatic heterocycles. The number of nitrogens with one attached hydrogen (secondary N) is 4. The molecule has 206 valence electrons. The lowest BCUT2D eigenvalue weighted by Crippen LogP contribution is -2.59. The molecule has 2 rings (SSSR count). The van der Waals surface area contributed by atoms with Crippen LogP contribution in [0.2, 0.25) is 0 Å². The van der Waals surface area contributed by atoms with Gasteiger partial charge < -0.3 is 36.9 Å². The number of hydrogen-bond acceptors (Lipinski definition) is 7. The maximum Gasteiger partial charge on any atom is 0.326 e. The van der Waals surface area contributed by atoms with Crippen LogP contribution in [0.5, 0.6) is 0 Å². The average molecular weight is 531 g/mol. The molecular formula is C25H34N6O7. The van der Waals surface area contributed by atoms with Gasteiger partial charge in [0.2, 0.25) is 17.7 Å². The minimum absolute atomic E-state index is 0.0228. The summed E-state index contributed by atoms with van der Waals surface area (Å²) in [5.74, 6) is -5.46. The highest BCUT2D eigenvalue weighted by atomic mass is 16.4. The highest BCUT2D eigenvalue weighted by Gasteiger charge is 2.33. The first kappa shape index (κ1) is 30.0. The van der Waals surface area contributed by atoms with Gasteiger partial charge in [0, 0.05) is 24.7 Å². The van der Waals surface area contributed by atoms with Crippen LogP contribution in [0.3, 0.4) is 0 Å². The topological polar surface area (TPSA) is 217 Å². The number of hydrogen-bond donors (Lipinski definition) is 7. The van der Waals surface area contributed by atoms with Gasteiger partial charge in [0.1, 0.15) is 18.1 Å². The number of nitrogens with two attached hydrogens (primary N) is 1. The van der Waals surface area contributed by atoms with Gasteiger partial charge in [0.15, 0.2) is 0 Å². The van der Waals surface area contributed by atoms with E-state index >= 15 is 0 Å². The highest BCUT2D eigenvalue weighted by Crippen LogP contribution is 2.11. The molecule has 0 radical (unpaired) electrons. The maximum absolute atomic E-state index is 13.1. The maximum atomic E-state index is 13.1. The van der Waals surface area contributed by atoms with E-state index in [0.29, 0.717) is 17.7 Å². The second-order valence-electron chi connectivity index (χ2n) is 9.01. The molecule has 38 heavy (non-hydrogen) atoms. The molecule has 0 saturated heterocycles. The average Bonchev–Trinajstić information content (AvgIpc) is 3.39. The van der Waals surface area contributed by atoms with Crippen molar-refractivity contribution in [1.29, 1.82) is 0 Å². The van der Waals surface area contributed by atoms with Crippen LogP contribution in [-0.4, -0.2) is 74.0 Å². The van der Waals surface area contributed by atoms with Crippen LogP contribution in [-0.2, 0) is 36.8 Å². The van der Waals surface area contributed by atoms with Gasteiger partial charge in [-0.05, 0) is 11.5 Å². The Balaban J connectivity index is 2.13. The molecule has 1 aromatic carbocycles. The van der Waals surface area contributed by atoms with E-state index in [1.807, 2.05) is 0 Å². The first-order valence-electron chi connectivity index (χ1n) is 12.1. The normalized spacial score (nSPS) is 14.8. The third-order valence-electron chi connectivity index (χ3n) is 6.03. The minimum atomic E-state index is -1.52. The Morgan fingerprint density at radius 1 is 0.947 bits per heavy atom. The number of aliphatic carboxylic acids is 2. The van der Waals surface area contributed by atoms with Crippen molar-refractivity contribution in [2.45, 2.75) is 63.7 Å². The smallest absolute Gasteiger partial charge is 0.326 e. The Hall–Kier alpha value is -4.26. The number of imidazole rings is 1. The van der Waals surface area contributed by atoms with Gasteiger partial charge >= 0.3 is 11.9 Å². The van der Waals surface area contributed by atoms with E-state index in [4.69, 9.17) is 5.73 Å². The third kappa shape index (κ3) is 9.32. The molecule has 0 fully saturated rings. The van der Waals surface area contributed by atoms with Gasteiger partial charge in [-0.15, -0.1) is 0 Å². The molecule has 5 unspecified atom stereocenters. The number of carboxylic acid groups (broad SMARTS) is 2. The number of carboxylic acids is 2. The van der Waals surface area contributed by atoms with Crippen molar-refractivity contribution < 1.29 is 34.2 Å². The monoisotopic (exact) mass is 530 g/mol. The second-order valence-corrected chi connectivity index (χ2v) is 9.01. The lowest BCUT2D eigenvalue weighted by molar-refractivity contribution is -0.143. The van der Waals surface area contributed by atoms with Gasteiger partial charge in [0.25, 0.3) is 0 Å². The predicted octanol–water partition coefficient (Wildman–Crippen LogP) is -0.418. The van der Waals surface area contributed by atoms with E-state index in [0.717, 1.165) is 0 Å². The number of amides is 3. The quantitative estimate of drug-likeness (QED) is 0.159. The largest absolute Gasteiger partial charge is 0.481 e. The zero-order valence-electron chi connectivity index (χ0n) is 21.2. The second kappa shape index (κ2) is 14.5. The molecular weight excluding hydrogens is 496 g/mol. The first-order chi connectivity index (χ1) is 18.0. The molecule has 2 aromatic rings. The Bertz CT molecular complexity index is 1090. The molecule has 13 heteroatoms. The lowest BCUT2D eigenvalue weighted by Gasteiger charge is -2.27. The molecule has 0 bridgehead atoms. The summed E-state index contributed by atoms with van der Waals surface area (Å²) >= 11 is 0. The Morgan fingerprint density at radius 3 is 2.16 bits per heavy atom. The van der Waals surface area contributed by atoms with Crippen LogP contribution >= 0.6 is 0 Å². The van der Waals surface area contributed by atoms with E-state index in [1.165, 1.54) is 12.5 Å². The van der Waals surface area contributed by atoms with Crippen molar-refractivity contribution in [3.8, 4) is 0 Å². The van der Waals surface area contributed by atoms with Crippen molar-refractivity contribution >= 4 is 29.7 Å². The molecule has 0 spiro atoms. The number of rotatable bonds is 15. The predicted molar refractivity (Wildman–Crippen MR) is 136 cm³/mol. The summed E-state index contributed by atoms with van der Waals surface area (Å²) < 4.78 is 0. The van der Waals surface area contributed by atoms with Crippen molar-refractivity contribution in [1.82, 2.24) is 25.9 Å². The fraction of sp³-hybridized carbons (Fsp3) is 0.440. The fourth-order valence-electron chi connectivity index (χ4n) is 3.66. The van der Waals surface area contributed by atoms with Crippen LogP contribution in [0.15, 0.2) is 42.9 Å². The molecule has 0 aliphatic carbocycles. The van der Waals surface area contributed by atoms with E-state index in [2.05, 4.69) is 25.9 Å². The first-order valence-corrected chi connectivity index (χ1v) is 12.1. The van der Waals surface area contributed by atoms with Gasteiger partial charge in [-0.1, -0.05) is 50.6 Å². The molecule has 13 nitrogen and oxygen atoms in total. The minimum Gasteiger partial charge on any atom is -0.481 e. The third-order valence-corrected chi connectivity index (χ3v) is 6.03. The number of aromatic nitrogens is 2. The number of nitrogens with zero attached hydrogens (tertiary/aromatic N) is 1. The summed E-state index contributed by atoms with van der Waals surface area (Å²) in [5, 5.41) is 26.2. The number of aromatic amines is 1. The Morgan fingerprint density at radius 2 is 1.61 bits per heavy atom. The summed E-state index contributed by atoms with van der Waals surface area (Å²) in [4.78, 5) is 68.6. The molecule has 0 aliphatic heterocycles. The van der Waals surface area contributed by atoms with E-state index in [1.54, 1.807) is 44.2 Å². The van der Waals surface area contributed by atoms with E-state index < -0.39 is 66.2 Å². The van der Waals surface area contributed by atoms with Crippen molar-refractivity contribution in [2.24, 2.45) is 11.7 Å². The fourth-order valence-corrected chi connectivity index (χ4v) is 3.66. The summed E-state index contributed by atoms with van der Waals surface area (Å²) in [7, 11) is 0. The zero-order chi connectivity index (χ0) is 28.2. The number of benzene rings is 1. The van der Waals surface area contributed by atoms with Gasteiger partial charge in [-0.3, -0.25) is 19.2 Å².